The second-order valence-corrected chi connectivity index (χ2v) is 3.94. The summed E-state index contributed by atoms with van der Waals surface area (Å²) in [5.41, 5.74) is 0.962. The van der Waals surface area contributed by atoms with Crippen LogP contribution < -0.4 is 0 Å². The summed E-state index contributed by atoms with van der Waals surface area (Å²) in [6, 6.07) is 1.95. The molecule has 1 heterocycles. The van der Waals surface area contributed by atoms with Gasteiger partial charge in [-0.05, 0) is 13.0 Å². The van der Waals surface area contributed by atoms with Gasteiger partial charge in [0.05, 0.1) is 23.4 Å². The van der Waals surface area contributed by atoms with Crippen molar-refractivity contribution in [2.45, 2.75) is 18.1 Å². The highest BCUT2D eigenvalue weighted by atomic mass is 32.2. The van der Waals surface area contributed by atoms with E-state index in [4.69, 9.17) is 10.2 Å². The number of thioether (sulfide) groups is 1. The highest BCUT2D eigenvalue weighted by Gasteiger charge is 2.06. The van der Waals surface area contributed by atoms with Crippen molar-refractivity contribution < 1.29 is 10.2 Å². The van der Waals surface area contributed by atoms with Crippen molar-refractivity contribution in [1.82, 2.24) is 9.78 Å². The van der Waals surface area contributed by atoms with Crippen LogP contribution in [0, 0.1) is 6.92 Å². The fourth-order valence-electron chi connectivity index (χ4n) is 0.956. The zero-order chi connectivity index (χ0) is 9.84. The lowest BCUT2D eigenvalue weighted by Gasteiger charge is -2.05. The summed E-state index contributed by atoms with van der Waals surface area (Å²) in [5.74, 6) is 0.496. The second-order valence-electron chi connectivity index (χ2n) is 2.89. The fraction of sp³-hybridized carbons (Fsp3) is 0.625. The van der Waals surface area contributed by atoms with Crippen LogP contribution in [0.1, 0.15) is 5.69 Å². The van der Waals surface area contributed by atoms with Crippen LogP contribution in [0.3, 0.4) is 0 Å². The predicted molar refractivity (Wildman–Crippen MR) is 51.8 cm³/mol. The topological polar surface area (TPSA) is 58.3 Å². The molecule has 13 heavy (non-hydrogen) atoms. The van der Waals surface area contributed by atoms with E-state index >= 15 is 0 Å². The van der Waals surface area contributed by atoms with E-state index in [1.165, 1.54) is 11.8 Å². The Morgan fingerprint density at radius 2 is 2.38 bits per heavy atom. The Balaban J connectivity index is 2.49. The molecule has 5 heteroatoms. The largest absolute Gasteiger partial charge is 0.394 e. The Morgan fingerprint density at radius 1 is 1.69 bits per heavy atom. The van der Waals surface area contributed by atoms with Crippen molar-refractivity contribution in [3.63, 3.8) is 0 Å². The van der Waals surface area contributed by atoms with Gasteiger partial charge in [0.1, 0.15) is 0 Å². The van der Waals surface area contributed by atoms with Gasteiger partial charge in [0.2, 0.25) is 0 Å². The smallest absolute Gasteiger partial charge is 0.0940 e. The molecule has 1 unspecified atom stereocenters. The van der Waals surface area contributed by atoms with Crippen LogP contribution in [0.2, 0.25) is 0 Å². The van der Waals surface area contributed by atoms with Gasteiger partial charge in [-0.2, -0.15) is 5.10 Å². The Hall–Kier alpha value is -0.520. The zero-order valence-electron chi connectivity index (χ0n) is 7.77. The molecule has 0 aliphatic carbocycles. The van der Waals surface area contributed by atoms with Crippen LogP contribution in [-0.2, 0) is 7.05 Å². The molecular formula is C8H14N2O2S. The second kappa shape index (κ2) is 4.64. The van der Waals surface area contributed by atoms with Crippen LogP contribution in [0.4, 0.5) is 0 Å². The number of aliphatic hydroxyl groups is 2. The molecule has 74 valence electrons. The summed E-state index contributed by atoms with van der Waals surface area (Å²) in [7, 11) is 1.86. The first-order valence-electron chi connectivity index (χ1n) is 4.06. The van der Waals surface area contributed by atoms with Gasteiger partial charge >= 0.3 is 0 Å². The molecule has 1 aromatic rings. The van der Waals surface area contributed by atoms with E-state index in [-0.39, 0.29) is 6.61 Å². The molecule has 0 fully saturated rings. The predicted octanol–water partition coefficient (Wildman–Crippen LogP) is 0.174. The van der Waals surface area contributed by atoms with E-state index in [0.717, 1.165) is 10.7 Å². The monoisotopic (exact) mass is 202 g/mol. The number of rotatable bonds is 4. The Bertz CT molecular complexity index is 275. The number of hydrogen-bond acceptors (Lipinski definition) is 4. The third kappa shape index (κ3) is 3.02. The first-order valence-corrected chi connectivity index (χ1v) is 5.04. The molecule has 1 atom stereocenters. The number of hydrogen-bond donors (Lipinski definition) is 2. The molecule has 0 bridgehead atoms. The van der Waals surface area contributed by atoms with Crippen molar-refractivity contribution in [1.29, 1.82) is 0 Å². The molecule has 0 aromatic carbocycles. The minimum atomic E-state index is -0.653. The number of nitrogens with zero attached hydrogens (tertiary/aromatic N) is 2. The average Bonchev–Trinajstić information content (AvgIpc) is 2.41. The van der Waals surface area contributed by atoms with Crippen molar-refractivity contribution in [3.05, 3.63) is 11.8 Å². The van der Waals surface area contributed by atoms with Gasteiger partial charge in [-0.1, -0.05) is 0 Å². The van der Waals surface area contributed by atoms with E-state index in [2.05, 4.69) is 5.10 Å². The molecule has 0 aliphatic heterocycles. The van der Waals surface area contributed by atoms with Crippen LogP contribution >= 0.6 is 11.8 Å². The molecule has 0 saturated carbocycles. The molecule has 1 rings (SSSR count). The third-order valence-corrected chi connectivity index (χ3v) is 2.82. The zero-order valence-corrected chi connectivity index (χ0v) is 8.58. The molecule has 0 saturated heterocycles. The minimum Gasteiger partial charge on any atom is -0.394 e. The Kier molecular flexibility index (Phi) is 3.77. The summed E-state index contributed by atoms with van der Waals surface area (Å²) in [4.78, 5) is 0. The van der Waals surface area contributed by atoms with Gasteiger partial charge in [-0.25, -0.2) is 0 Å². The van der Waals surface area contributed by atoms with E-state index in [1.54, 1.807) is 4.68 Å². The lowest BCUT2D eigenvalue weighted by Crippen LogP contribution is -2.14. The number of aryl methyl sites for hydroxylation is 2. The Labute approximate surface area is 81.6 Å². The highest BCUT2D eigenvalue weighted by molar-refractivity contribution is 7.99. The van der Waals surface area contributed by atoms with Crippen molar-refractivity contribution in [3.8, 4) is 0 Å². The summed E-state index contributed by atoms with van der Waals surface area (Å²) >= 11 is 1.49. The maximum atomic E-state index is 9.12. The summed E-state index contributed by atoms with van der Waals surface area (Å²) in [5, 5.41) is 22.9. The molecule has 1 aromatic heterocycles. The molecule has 0 radical (unpaired) electrons. The molecule has 2 N–H and O–H groups in total. The summed E-state index contributed by atoms with van der Waals surface area (Å²) in [6.07, 6.45) is -0.653. The first-order chi connectivity index (χ1) is 6.13. The fourth-order valence-corrected chi connectivity index (χ4v) is 1.91. The normalized spacial score (nSPS) is 13.2. The highest BCUT2D eigenvalue weighted by Crippen LogP contribution is 2.18. The standard InChI is InChI=1S/C8H14N2O2S/c1-6-3-8(10(2)9-6)13-5-7(12)4-11/h3,7,11-12H,4-5H2,1-2H3. The van der Waals surface area contributed by atoms with Crippen molar-refractivity contribution in [2.24, 2.45) is 7.05 Å². The van der Waals surface area contributed by atoms with Crippen LogP contribution in [0.15, 0.2) is 11.1 Å². The van der Waals surface area contributed by atoms with E-state index in [9.17, 15) is 0 Å². The van der Waals surface area contributed by atoms with E-state index in [0.29, 0.717) is 5.75 Å². The van der Waals surface area contributed by atoms with E-state index < -0.39 is 6.10 Å². The van der Waals surface area contributed by atoms with Crippen LogP contribution in [-0.4, -0.2) is 38.5 Å². The molecule has 0 spiro atoms. The molecule has 0 amide bonds. The summed E-state index contributed by atoms with van der Waals surface area (Å²) in [6.45, 7) is 1.73. The average molecular weight is 202 g/mol. The SMILES string of the molecule is Cc1cc(SCC(O)CO)n(C)n1. The van der Waals surface area contributed by atoms with Gasteiger partial charge in [-0.3, -0.25) is 4.68 Å². The van der Waals surface area contributed by atoms with Crippen LogP contribution in [0.25, 0.3) is 0 Å². The third-order valence-electron chi connectivity index (χ3n) is 1.59. The van der Waals surface area contributed by atoms with Crippen molar-refractivity contribution in [2.75, 3.05) is 12.4 Å². The lowest BCUT2D eigenvalue weighted by molar-refractivity contribution is 0.113. The quantitative estimate of drug-likeness (QED) is 0.684. The molecular weight excluding hydrogens is 188 g/mol. The first kappa shape index (κ1) is 10.6. The van der Waals surface area contributed by atoms with Gasteiger partial charge in [0, 0.05) is 12.8 Å². The van der Waals surface area contributed by atoms with Gasteiger partial charge in [0.25, 0.3) is 0 Å². The number of aliphatic hydroxyl groups excluding tert-OH is 2. The minimum absolute atomic E-state index is 0.191. The van der Waals surface area contributed by atoms with E-state index in [1.807, 2.05) is 20.0 Å². The van der Waals surface area contributed by atoms with Crippen LogP contribution in [0.5, 0.6) is 0 Å². The van der Waals surface area contributed by atoms with Gasteiger partial charge in [0.15, 0.2) is 0 Å². The lowest BCUT2D eigenvalue weighted by atomic mass is 10.4. The Morgan fingerprint density at radius 3 is 2.85 bits per heavy atom. The summed E-state index contributed by atoms with van der Waals surface area (Å²) < 4.78 is 1.77. The molecule has 0 aliphatic rings. The van der Waals surface area contributed by atoms with Gasteiger partial charge in [-0.15, -0.1) is 11.8 Å². The van der Waals surface area contributed by atoms with Gasteiger partial charge < -0.3 is 10.2 Å². The molecule has 4 nitrogen and oxygen atoms in total. The number of aromatic nitrogens is 2. The maximum Gasteiger partial charge on any atom is 0.0940 e. The van der Waals surface area contributed by atoms with Crippen molar-refractivity contribution >= 4 is 11.8 Å². The maximum absolute atomic E-state index is 9.12.